The highest BCUT2D eigenvalue weighted by Crippen LogP contribution is 2.41. The van der Waals surface area contributed by atoms with E-state index in [2.05, 4.69) is 4.98 Å². The number of nitro groups is 1. The first-order valence-corrected chi connectivity index (χ1v) is 8.59. The van der Waals surface area contributed by atoms with Gasteiger partial charge in [-0.1, -0.05) is 18.2 Å². The molecule has 10 heteroatoms. The topological polar surface area (TPSA) is 92.0 Å². The van der Waals surface area contributed by atoms with Gasteiger partial charge < -0.3 is 9.64 Å². The number of ether oxygens (including phenoxy) is 1. The van der Waals surface area contributed by atoms with Crippen LogP contribution in [0.15, 0.2) is 36.4 Å². The van der Waals surface area contributed by atoms with Crippen molar-refractivity contribution in [2.24, 2.45) is 0 Å². The Labute approximate surface area is 181 Å². The van der Waals surface area contributed by atoms with Crippen LogP contribution in [-0.4, -0.2) is 54.3 Å². The summed E-state index contributed by atoms with van der Waals surface area (Å²) < 4.78 is 5.37. The molecule has 0 saturated heterocycles. The van der Waals surface area contributed by atoms with E-state index >= 15 is 0 Å². The molecule has 0 amide bonds. The van der Waals surface area contributed by atoms with Gasteiger partial charge in [0.05, 0.1) is 23.2 Å². The summed E-state index contributed by atoms with van der Waals surface area (Å²) in [5.41, 5.74) is 1.24. The van der Waals surface area contributed by atoms with E-state index < -0.39 is 4.92 Å². The molecule has 0 aliphatic rings. The van der Waals surface area contributed by atoms with Gasteiger partial charge in [-0.25, -0.2) is 4.98 Å². The fourth-order valence-electron chi connectivity index (χ4n) is 3.17. The maximum absolute atomic E-state index is 11.7. The first-order valence-electron chi connectivity index (χ1n) is 8.59. The summed E-state index contributed by atoms with van der Waals surface area (Å²) in [6, 6.07) is 10.2. The number of hydrogen-bond donors (Lipinski definition) is 1. The minimum absolute atomic E-state index is 0. The Balaban J connectivity index is 0.00000210. The summed E-state index contributed by atoms with van der Waals surface area (Å²) in [5.74, 6) is 0.421. The first kappa shape index (κ1) is 24.6. The van der Waals surface area contributed by atoms with Crippen LogP contribution in [0.3, 0.4) is 0 Å². The number of benzene rings is 2. The number of halogens is 2. The molecule has 0 spiro atoms. The molecular formula is C19H24Cl2N4O4. The number of fused-ring (bicyclic) bond motifs is 2. The third-order valence-electron chi connectivity index (χ3n) is 4.40. The lowest BCUT2D eigenvalue weighted by Gasteiger charge is -2.22. The van der Waals surface area contributed by atoms with Crippen molar-refractivity contribution in [1.29, 1.82) is 0 Å². The van der Waals surface area contributed by atoms with Gasteiger partial charge in [0, 0.05) is 18.0 Å². The van der Waals surface area contributed by atoms with Crippen molar-refractivity contribution in [3.05, 3.63) is 46.5 Å². The molecule has 0 saturated carbocycles. The van der Waals surface area contributed by atoms with Gasteiger partial charge in [0.2, 0.25) is 0 Å². The number of anilines is 1. The maximum atomic E-state index is 11.7. The molecule has 0 atom stereocenters. The van der Waals surface area contributed by atoms with Crippen LogP contribution in [0, 0.1) is 10.1 Å². The van der Waals surface area contributed by atoms with E-state index in [0.29, 0.717) is 40.8 Å². The molecule has 0 aliphatic heterocycles. The lowest BCUT2D eigenvalue weighted by atomic mass is 10.0. The molecule has 3 rings (SSSR count). The molecular weight excluding hydrogens is 419 g/mol. The van der Waals surface area contributed by atoms with Crippen molar-refractivity contribution in [3.8, 4) is 5.75 Å². The molecule has 2 aromatic carbocycles. The fourth-order valence-corrected chi connectivity index (χ4v) is 3.17. The molecule has 158 valence electrons. The van der Waals surface area contributed by atoms with Gasteiger partial charge in [0.1, 0.15) is 16.7 Å². The van der Waals surface area contributed by atoms with E-state index in [-0.39, 0.29) is 35.9 Å². The van der Waals surface area contributed by atoms with Crippen molar-refractivity contribution in [2.75, 3.05) is 39.4 Å². The van der Waals surface area contributed by atoms with E-state index in [1.54, 1.807) is 6.07 Å². The lowest BCUT2D eigenvalue weighted by Crippen LogP contribution is -2.24. The zero-order chi connectivity index (χ0) is 19.6. The summed E-state index contributed by atoms with van der Waals surface area (Å²) in [4.78, 5) is 17.8. The number of aromatic nitrogens is 1. The summed E-state index contributed by atoms with van der Waals surface area (Å²) in [6.07, 6.45) is 0.694. The van der Waals surface area contributed by atoms with E-state index in [1.165, 1.54) is 19.2 Å². The van der Waals surface area contributed by atoms with Gasteiger partial charge in [-0.2, -0.15) is 0 Å². The van der Waals surface area contributed by atoms with Crippen LogP contribution < -0.4 is 9.80 Å². The van der Waals surface area contributed by atoms with E-state index in [0.717, 1.165) is 11.6 Å². The van der Waals surface area contributed by atoms with Gasteiger partial charge in [-0.3, -0.25) is 20.4 Å². The lowest BCUT2D eigenvalue weighted by molar-refractivity contribution is -0.383. The second kappa shape index (κ2) is 10.4. The van der Waals surface area contributed by atoms with Crippen molar-refractivity contribution in [2.45, 2.75) is 6.42 Å². The smallest absolute Gasteiger partial charge is 0.281 e. The number of methoxy groups -OCH3 is 1. The Morgan fingerprint density at radius 3 is 2.45 bits per heavy atom. The second-order valence-corrected chi connectivity index (χ2v) is 6.53. The Morgan fingerprint density at radius 1 is 1.14 bits per heavy atom. The Morgan fingerprint density at radius 2 is 1.83 bits per heavy atom. The summed E-state index contributed by atoms with van der Waals surface area (Å²) >= 11 is 0. The number of non-ortho nitro benzene ring substituents is 1. The molecule has 0 radical (unpaired) electrons. The van der Waals surface area contributed by atoms with Crippen molar-refractivity contribution < 1.29 is 14.9 Å². The molecule has 3 aromatic rings. The molecule has 1 heterocycles. The molecule has 1 aromatic heterocycles. The highest BCUT2D eigenvalue weighted by atomic mass is 35.5. The molecule has 8 nitrogen and oxygen atoms in total. The highest BCUT2D eigenvalue weighted by molar-refractivity contribution is 6.12. The van der Waals surface area contributed by atoms with Crippen LogP contribution in [0.5, 0.6) is 5.75 Å². The zero-order valence-corrected chi connectivity index (χ0v) is 18.0. The van der Waals surface area contributed by atoms with Crippen LogP contribution in [0.2, 0.25) is 0 Å². The quantitative estimate of drug-likeness (QED) is 0.331. The minimum Gasteiger partial charge on any atom is -0.494 e. The van der Waals surface area contributed by atoms with Crippen LogP contribution in [0.1, 0.15) is 6.42 Å². The molecule has 29 heavy (non-hydrogen) atoms. The van der Waals surface area contributed by atoms with Crippen molar-refractivity contribution in [1.82, 2.24) is 9.88 Å². The maximum Gasteiger partial charge on any atom is 0.281 e. The van der Waals surface area contributed by atoms with Crippen LogP contribution in [0.25, 0.3) is 21.8 Å². The van der Waals surface area contributed by atoms with Gasteiger partial charge in [0.15, 0.2) is 0 Å². The van der Waals surface area contributed by atoms with Crippen LogP contribution >= 0.6 is 24.8 Å². The second-order valence-electron chi connectivity index (χ2n) is 6.53. The van der Waals surface area contributed by atoms with E-state index in [1.807, 2.05) is 37.2 Å². The number of hydrogen-bond acceptors (Lipinski definition) is 7. The van der Waals surface area contributed by atoms with Crippen LogP contribution in [0.4, 0.5) is 11.4 Å². The third kappa shape index (κ3) is 4.97. The molecule has 0 bridgehead atoms. The molecule has 0 unspecified atom stereocenters. The largest absolute Gasteiger partial charge is 0.494 e. The third-order valence-corrected chi connectivity index (χ3v) is 4.40. The minimum atomic E-state index is -0.463. The predicted molar refractivity (Wildman–Crippen MR) is 119 cm³/mol. The SMILES string of the molecule is COc1ccc([N+](=O)[O-])c2c(N(O)CCCN(C)C)c3ccccc3nc12.Cl.Cl. The fraction of sp³-hybridized carbons (Fsp3) is 0.316. The van der Waals surface area contributed by atoms with E-state index in [4.69, 9.17) is 4.74 Å². The monoisotopic (exact) mass is 442 g/mol. The van der Waals surface area contributed by atoms with Crippen molar-refractivity contribution in [3.63, 3.8) is 0 Å². The van der Waals surface area contributed by atoms with Crippen molar-refractivity contribution >= 4 is 58.0 Å². The van der Waals surface area contributed by atoms with Crippen LogP contribution in [-0.2, 0) is 0 Å². The van der Waals surface area contributed by atoms with Gasteiger partial charge in [-0.05, 0) is 39.2 Å². The first-order chi connectivity index (χ1) is 12.9. The number of pyridine rings is 1. The summed E-state index contributed by atoms with van der Waals surface area (Å²) in [6.45, 7) is 1.11. The Kier molecular flexibility index (Phi) is 8.84. The number of rotatable bonds is 7. The number of hydroxylamine groups is 1. The molecule has 0 aliphatic carbocycles. The Hall–Kier alpha value is -2.39. The zero-order valence-electron chi connectivity index (χ0n) is 16.4. The predicted octanol–water partition coefficient (Wildman–Crippen LogP) is 4.30. The van der Waals surface area contributed by atoms with Gasteiger partial charge in [-0.15, -0.1) is 24.8 Å². The molecule has 0 fully saturated rings. The molecule has 1 N–H and O–H groups in total. The standard InChI is InChI=1S/C19H22N4O4.2ClH/c1-21(2)11-6-12-22(24)19-13-7-4-5-8-14(13)20-18-16(27-3)10-9-15(17(18)19)23(25)26;;/h4-5,7-10,24H,6,11-12H2,1-3H3;2*1H. The van der Waals surface area contributed by atoms with E-state index in [9.17, 15) is 15.3 Å². The number of para-hydroxylation sites is 1. The Bertz CT molecular complexity index is 1000. The van der Waals surface area contributed by atoms with Gasteiger partial charge in [0.25, 0.3) is 5.69 Å². The number of nitrogens with zero attached hydrogens (tertiary/aromatic N) is 4. The number of nitro benzene ring substituents is 1. The average Bonchev–Trinajstić information content (AvgIpc) is 2.64. The normalized spacial score (nSPS) is 10.5. The summed E-state index contributed by atoms with van der Waals surface area (Å²) in [7, 11) is 5.40. The van der Waals surface area contributed by atoms with Gasteiger partial charge >= 0.3 is 0 Å². The summed E-state index contributed by atoms with van der Waals surface area (Å²) in [5, 5.41) is 24.5. The average molecular weight is 443 g/mol. The highest BCUT2D eigenvalue weighted by Gasteiger charge is 2.24.